The number of nitrogens with zero attached hydrogens (tertiary/aromatic N) is 1. The van der Waals surface area contributed by atoms with Crippen molar-refractivity contribution in [2.24, 2.45) is 0 Å². The number of hydrogen-bond acceptors (Lipinski definition) is 3. The highest BCUT2D eigenvalue weighted by molar-refractivity contribution is 6.32. The summed E-state index contributed by atoms with van der Waals surface area (Å²) in [6.45, 7) is 4.68. The Morgan fingerprint density at radius 2 is 2.06 bits per heavy atom. The Balaban J connectivity index is 2.32. The van der Waals surface area contributed by atoms with Crippen LogP contribution in [0.1, 0.15) is 15.9 Å². The number of carbonyl (C=O) groups is 1. The van der Waals surface area contributed by atoms with Crippen LogP contribution in [0.15, 0.2) is 12.1 Å². The summed E-state index contributed by atoms with van der Waals surface area (Å²) >= 11 is 5.84. The fourth-order valence-electron chi connectivity index (χ4n) is 1.96. The Hall–Kier alpha value is -1.26. The topological polar surface area (TPSA) is 52.6 Å². The van der Waals surface area contributed by atoms with Gasteiger partial charge in [-0.1, -0.05) is 17.7 Å². The number of phenols is 1. The number of rotatable bonds is 1. The third-order valence-corrected chi connectivity index (χ3v) is 3.26. The number of hydrogen-bond donors (Lipinski definition) is 2. The molecule has 2 rings (SSSR count). The van der Waals surface area contributed by atoms with Gasteiger partial charge in [0.05, 0.1) is 10.6 Å². The van der Waals surface area contributed by atoms with Crippen LogP contribution in [-0.4, -0.2) is 42.1 Å². The first-order valence-corrected chi connectivity index (χ1v) is 5.97. The summed E-state index contributed by atoms with van der Waals surface area (Å²) in [4.78, 5) is 14.0. The molecule has 1 aromatic carbocycles. The van der Waals surface area contributed by atoms with Gasteiger partial charge in [-0.15, -0.1) is 0 Å². The van der Waals surface area contributed by atoms with Crippen LogP contribution in [-0.2, 0) is 0 Å². The Morgan fingerprint density at radius 3 is 2.71 bits per heavy atom. The zero-order valence-corrected chi connectivity index (χ0v) is 10.4. The molecule has 1 fully saturated rings. The summed E-state index contributed by atoms with van der Waals surface area (Å²) in [6, 6.07) is 3.35. The molecule has 0 atom stereocenters. The number of nitrogens with one attached hydrogen (secondary N) is 1. The first kappa shape index (κ1) is 12.2. The van der Waals surface area contributed by atoms with Gasteiger partial charge in [0.15, 0.2) is 0 Å². The summed E-state index contributed by atoms with van der Waals surface area (Å²) in [5.41, 5.74) is 1.06. The number of aryl methyl sites for hydroxylation is 1. The summed E-state index contributed by atoms with van der Waals surface area (Å²) in [5.74, 6) is -0.265. The Morgan fingerprint density at radius 1 is 1.41 bits per heavy atom. The van der Waals surface area contributed by atoms with Crippen LogP contribution >= 0.6 is 11.6 Å². The van der Waals surface area contributed by atoms with Gasteiger partial charge < -0.3 is 15.3 Å². The maximum atomic E-state index is 12.3. The molecule has 1 aliphatic rings. The minimum absolute atomic E-state index is 0.116. The van der Waals surface area contributed by atoms with E-state index in [4.69, 9.17) is 11.6 Å². The first-order chi connectivity index (χ1) is 8.11. The average Bonchev–Trinajstić information content (AvgIpc) is 2.35. The molecular formula is C12H15ClN2O2. The molecule has 0 aromatic heterocycles. The van der Waals surface area contributed by atoms with Crippen LogP contribution in [0.4, 0.5) is 0 Å². The number of halogens is 1. The number of carbonyl (C=O) groups excluding carboxylic acids is 1. The van der Waals surface area contributed by atoms with E-state index in [0.717, 1.165) is 18.7 Å². The molecule has 5 heteroatoms. The molecule has 0 aliphatic carbocycles. The van der Waals surface area contributed by atoms with Crippen molar-refractivity contribution in [3.05, 3.63) is 28.3 Å². The number of phenolic OH excluding ortho intramolecular Hbond substituents is 1. The van der Waals surface area contributed by atoms with Crippen molar-refractivity contribution in [1.29, 1.82) is 0 Å². The molecular weight excluding hydrogens is 240 g/mol. The minimum Gasteiger partial charge on any atom is -0.506 e. The van der Waals surface area contributed by atoms with Crippen molar-refractivity contribution in [1.82, 2.24) is 10.2 Å². The molecule has 0 saturated carbocycles. The lowest BCUT2D eigenvalue weighted by molar-refractivity contribution is 0.0732. The molecule has 0 spiro atoms. The van der Waals surface area contributed by atoms with E-state index < -0.39 is 0 Å². The summed E-state index contributed by atoms with van der Waals surface area (Å²) in [6.07, 6.45) is 0. The van der Waals surface area contributed by atoms with Crippen molar-refractivity contribution >= 4 is 17.5 Å². The van der Waals surface area contributed by atoms with E-state index in [1.165, 1.54) is 0 Å². The van der Waals surface area contributed by atoms with E-state index >= 15 is 0 Å². The standard InChI is InChI=1S/C12H15ClN2O2/c1-8-2-3-9(13)11(16)10(8)12(17)15-6-4-14-5-7-15/h2-3,14,16H,4-7H2,1H3. The highest BCUT2D eigenvalue weighted by atomic mass is 35.5. The van der Waals surface area contributed by atoms with Gasteiger partial charge in [-0.05, 0) is 18.6 Å². The Kier molecular flexibility index (Phi) is 3.54. The Bertz CT molecular complexity index is 442. The molecule has 0 unspecified atom stereocenters. The normalized spacial score (nSPS) is 16.0. The molecule has 1 aliphatic heterocycles. The lowest BCUT2D eigenvalue weighted by Gasteiger charge is -2.28. The van der Waals surface area contributed by atoms with Gasteiger partial charge in [0.1, 0.15) is 5.75 Å². The van der Waals surface area contributed by atoms with E-state index in [1.807, 2.05) is 0 Å². The molecule has 1 heterocycles. The SMILES string of the molecule is Cc1ccc(Cl)c(O)c1C(=O)N1CCNCC1. The lowest BCUT2D eigenvalue weighted by Crippen LogP contribution is -2.46. The second kappa shape index (κ2) is 4.94. The minimum atomic E-state index is -0.149. The second-order valence-corrected chi connectivity index (χ2v) is 4.54. The maximum Gasteiger partial charge on any atom is 0.258 e. The molecule has 0 bridgehead atoms. The zero-order valence-electron chi connectivity index (χ0n) is 9.66. The molecule has 17 heavy (non-hydrogen) atoms. The van der Waals surface area contributed by atoms with Gasteiger partial charge in [-0.25, -0.2) is 0 Å². The molecule has 2 N–H and O–H groups in total. The van der Waals surface area contributed by atoms with E-state index in [9.17, 15) is 9.90 Å². The first-order valence-electron chi connectivity index (χ1n) is 5.59. The summed E-state index contributed by atoms with van der Waals surface area (Å²) in [5, 5.41) is 13.3. The van der Waals surface area contributed by atoms with Gasteiger partial charge in [-0.2, -0.15) is 0 Å². The maximum absolute atomic E-state index is 12.3. The van der Waals surface area contributed by atoms with Gasteiger partial charge in [0.25, 0.3) is 5.91 Å². The van der Waals surface area contributed by atoms with Crippen LogP contribution in [0, 0.1) is 6.92 Å². The van der Waals surface area contributed by atoms with Crippen LogP contribution in [0.2, 0.25) is 5.02 Å². The number of piperazine rings is 1. The predicted molar refractivity (Wildman–Crippen MR) is 66.6 cm³/mol. The number of benzene rings is 1. The number of aromatic hydroxyl groups is 1. The van der Waals surface area contributed by atoms with Crippen molar-refractivity contribution in [3.8, 4) is 5.75 Å². The third-order valence-electron chi connectivity index (χ3n) is 2.96. The quantitative estimate of drug-likeness (QED) is 0.797. The van der Waals surface area contributed by atoms with E-state index in [-0.39, 0.29) is 16.7 Å². The number of amides is 1. The van der Waals surface area contributed by atoms with Crippen LogP contribution in [0.5, 0.6) is 5.75 Å². The van der Waals surface area contributed by atoms with Gasteiger partial charge in [0.2, 0.25) is 0 Å². The Labute approximate surface area is 105 Å². The zero-order chi connectivity index (χ0) is 12.4. The molecule has 1 saturated heterocycles. The molecule has 1 amide bonds. The van der Waals surface area contributed by atoms with Crippen molar-refractivity contribution in [2.45, 2.75) is 6.92 Å². The smallest absolute Gasteiger partial charge is 0.258 e. The highest BCUT2D eigenvalue weighted by Gasteiger charge is 2.23. The fourth-order valence-corrected chi connectivity index (χ4v) is 2.12. The summed E-state index contributed by atoms with van der Waals surface area (Å²) < 4.78 is 0. The predicted octanol–water partition coefficient (Wildman–Crippen LogP) is 1.40. The molecule has 0 radical (unpaired) electrons. The lowest BCUT2D eigenvalue weighted by atomic mass is 10.1. The van der Waals surface area contributed by atoms with Crippen LogP contribution in [0.3, 0.4) is 0 Å². The van der Waals surface area contributed by atoms with Crippen molar-refractivity contribution in [3.63, 3.8) is 0 Å². The van der Waals surface area contributed by atoms with Crippen LogP contribution in [0.25, 0.3) is 0 Å². The van der Waals surface area contributed by atoms with Gasteiger partial charge in [-0.3, -0.25) is 4.79 Å². The fraction of sp³-hybridized carbons (Fsp3) is 0.417. The largest absolute Gasteiger partial charge is 0.506 e. The molecule has 92 valence electrons. The van der Waals surface area contributed by atoms with Gasteiger partial charge >= 0.3 is 0 Å². The summed E-state index contributed by atoms with van der Waals surface area (Å²) in [7, 11) is 0. The van der Waals surface area contributed by atoms with Gasteiger partial charge in [0, 0.05) is 26.2 Å². The average molecular weight is 255 g/mol. The monoisotopic (exact) mass is 254 g/mol. The van der Waals surface area contributed by atoms with E-state index in [0.29, 0.717) is 18.7 Å². The highest BCUT2D eigenvalue weighted by Crippen LogP contribution is 2.30. The van der Waals surface area contributed by atoms with E-state index in [2.05, 4.69) is 5.32 Å². The van der Waals surface area contributed by atoms with Crippen molar-refractivity contribution in [2.75, 3.05) is 26.2 Å². The van der Waals surface area contributed by atoms with Crippen LogP contribution < -0.4 is 5.32 Å². The van der Waals surface area contributed by atoms with E-state index in [1.54, 1.807) is 24.0 Å². The van der Waals surface area contributed by atoms with Crippen molar-refractivity contribution < 1.29 is 9.90 Å². The second-order valence-electron chi connectivity index (χ2n) is 4.13. The molecule has 1 aromatic rings. The third kappa shape index (κ3) is 2.37. The molecule has 4 nitrogen and oxygen atoms in total.